The molecule has 0 amide bonds. The van der Waals surface area contributed by atoms with Gasteiger partial charge in [-0.05, 0) is 37.0 Å². The zero-order valence-corrected chi connectivity index (χ0v) is 12.6. The first-order chi connectivity index (χ1) is 9.15. The van der Waals surface area contributed by atoms with Crippen LogP contribution in [0.25, 0.3) is 0 Å². The summed E-state index contributed by atoms with van der Waals surface area (Å²) >= 11 is 12.3. The number of fused-ring (bicyclic) bond motifs is 2. The topological polar surface area (TPSA) is 21.3 Å². The lowest BCUT2D eigenvalue weighted by atomic mass is 9.67. The summed E-state index contributed by atoms with van der Waals surface area (Å²) in [7, 11) is 1.78. The number of rotatable bonds is 3. The molecule has 2 fully saturated rings. The number of ether oxygens (including phenoxy) is 1. The molecular weight excluding hydrogens is 281 g/mol. The molecule has 1 saturated carbocycles. The molecule has 2 aliphatic rings. The van der Waals surface area contributed by atoms with E-state index in [1.807, 2.05) is 6.07 Å². The molecule has 0 radical (unpaired) electrons. The Bertz CT molecular complexity index is 479. The summed E-state index contributed by atoms with van der Waals surface area (Å²) < 4.78 is 5.43. The third-order valence-corrected chi connectivity index (χ3v) is 5.59. The van der Waals surface area contributed by atoms with Gasteiger partial charge in [0.1, 0.15) is 0 Å². The Morgan fingerprint density at radius 1 is 1.37 bits per heavy atom. The second kappa shape index (κ2) is 5.25. The molecule has 19 heavy (non-hydrogen) atoms. The highest BCUT2D eigenvalue weighted by Crippen LogP contribution is 2.50. The van der Waals surface area contributed by atoms with Crippen LogP contribution in [0.1, 0.15) is 24.8 Å². The molecule has 0 spiro atoms. The van der Waals surface area contributed by atoms with Gasteiger partial charge < -0.3 is 10.1 Å². The molecule has 2 nitrogen and oxygen atoms in total. The van der Waals surface area contributed by atoms with Crippen molar-refractivity contribution in [1.82, 2.24) is 5.32 Å². The third kappa shape index (κ3) is 2.29. The van der Waals surface area contributed by atoms with Gasteiger partial charge in [0, 0.05) is 31.0 Å². The van der Waals surface area contributed by atoms with Crippen molar-refractivity contribution in [2.24, 2.45) is 5.92 Å². The average molecular weight is 300 g/mol. The van der Waals surface area contributed by atoms with Gasteiger partial charge in [-0.1, -0.05) is 29.3 Å². The minimum Gasteiger partial charge on any atom is -0.384 e. The van der Waals surface area contributed by atoms with Crippen molar-refractivity contribution < 1.29 is 4.74 Å². The third-order valence-electron chi connectivity index (χ3n) is 4.85. The van der Waals surface area contributed by atoms with Crippen molar-refractivity contribution in [1.29, 1.82) is 0 Å². The van der Waals surface area contributed by atoms with Crippen molar-refractivity contribution >= 4 is 23.2 Å². The highest BCUT2D eigenvalue weighted by molar-refractivity contribution is 6.42. The predicted octanol–water partition coefficient (Wildman–Crippen LogP) is 3.65. The van der Waals surface area contributed by atoms with Gasteiger partial charge in [-0.25, -0.2) is 0 Å². The average Bonchev–Trinajstić information content (AvgIpc) is 2.76. The Hall–Kier alpha value is -0.280. The number of piperidine rings is 1. The lowest BCUT2D eigenvalue weighted by Crippen LogP contribution is -2.48. The van der Waals surface area contributed by atoms with Crippen LogP contribution in [0, 0.1) is 5.92 Å². The van der Waals surface area contributed by atoms with Gasteiger partial charge in [-0.15, -0.1) is 0 Å². The molecule has 1 saturated heterocycles. The van der Waals surface area contributed by atoms with E-state index in [0.29, 0.717) is 22.0 Å². The van der Waals surface area contributed by atoms with E-state index in [2.05, 4.69) is 17.4 Å². The zero-order valence-electron chi connectivity index (χ0n) is 11.1. The molecule has 0 aromatic heterocycles. The maximum Gasteiger partial charge on any atom is 0.0595 e. The second-order valence-corrected chi connectivity index (χ2v) is 6.60. The molecule has 1 N–H and O–H groups in total. The van der Waals surface area contributed by atoms with Crippen LogP contribution < -0.4 is 5.32 Å². The lowest BCUT2D eigenvalue weighted by molar-refractivity contribution is 0.0889. The minimum absolute atomic E-state index is 0.208. The molecule has 1 aromatic rings. The van der Waals surface area contributed by atoms with Gasteiger partial charge in [0.15, 0.2) is 0 Å². The lowest BCUT2D eigenvalue weighted by Gasteiger charge is -2.42. The Morgan fingerprint density at radius 2 is 2.21 bits per heavy atom. The molecule has 3 rings (SSSR count). The second-order valence-electron chi connectivity index (χ2n) is 5.79. The summed E-state index contributed by atoms with van der Waals surface area (Å²) in [4.78, 5) is 0. The number of halogens is 2. The van der Waals surface area contributed by atoms with Crippen molar-refractivity contribution in [2.45, 2.75) is 30.7 Å². The molecule has 1 aliphatic heterocycles. The van der Waals surface area contributed by atoms with Crippen molar-refractivity contribution in [3.63, 3.8) is 0 Å². The number of nitrogens with one attached hydrogen (secondary N) is 1. The van der Waals surface area contributed by atoms with Crippen molar-refractivity contribution in [3.05, 3.63) is 33.8 Å². The smallest absolute Gasteiger partial charge is 0.0595 e. The summed E-state index contributed by atoms with van der Waals surface area (Å²) in [5.41, 5.74) is 1.54. The van der Waals surface area contributed by atoms with Gasteiger partial charge >= 0.3 is 0 Å². The van der Waals surface area contributed by atoms with E-state index in [4.69, 9.17) is 27.9 Å². The molecule has 1 aromatic carbocycles. The summed E-state index contributed by atoms with van der Waals surface area (Å²) in [6.45, 7) is 1.82. The van der Waals surface area contributed by atoms with Crippen LogP contribution in [0.5, 0.6) is 0 Å². The fraction of sp³-hybridized carbons (Fsp3) is 0.600. The van der Waals surface area contributed by atoms with Gasteiger partial charge in [-0.3, -0.25) is 0 Å². The first-order valence-electron chi connectivity index (χ1n) is 6.83. The van der Waals surface area contributed by atoms with Crippen LogP contribution in [-0.4, -0.2) is 26.3 Å². The first-order valence-corrected chi connectivity index (χ1v) is 7.59. The van der Waals surface area contributed by atoms with Crippen molar-refractivity contribution in [3.8, 4) is 0 Å². The molecule has 3 atom stereocenters. The quantitative estimate of drug-likeness (QED) is 0.920. The van der Waals surface area contributed by atoms with E-state index in [1.54, 1.807) is 7.11 Å². The molecule has 4 heteroatoms. The monoisotopic (exact) mass is 299 g/mol. The molecule has 1 heterocycles. The van der Waals surface area contributed by atoms with Crippen LogP contribution in [0.4, 0.5) is 0 Å². The SMILES string of the molecule is COC[C@@H]1CN[C@H]2CC[C@@]1(c1ccc(Cl)c(Cl)c1)C2. The van der Waals surface area contributed by atoms with Crippen LogP contribution >= 0.6 is 23.2 Å². The Morgan fingerprint density at radius 3 is 2.95 bits per heavy atom. The van der Waals surface area contributed by atoms with E-state index in [9.17, 15) is 0 Å². The van der Waals surface area contributed by atoms with E-state index in [1.165, 1.54) is 24.8 Å². The first kappa shape index (κ1) is 13.7. The number of methoxy groups -OCH3 is 1. The number of hydrogen-bond donors (Lipinski definition) is 1. The predicted molar refractivity (Wildman–Crippen MR) is 79.1 cm³/mol. The number of benzene rings is 1. The van der Waals surface area contributed by atoms with Crippen LogP contribution in [0.15, 0.2) is 18.2 Å². The maximum absolute atomic E-state index is 6.21. The zero-order chi connectivity index (χ0) is 13.5. The van der Waals surface area contributed by atoms with Crippen LogP contribution in [-0.2, 0) is 10.2 Å². The molecule has 2 bridgehead atoms. The largest absolute Gasteiger partial charge is 0.384 e. The maximum atomic E-state index is 6.21. The molecule has 0 unspecified atom stereocenters. The van der Waals surface area contributed by atoms with Gasteiger partial charge in [0.05, 0.1) is 16.7 Å². The molecular formula is C15H19Cl2NO. The fourth-order valence-corrected chi connectivity index (χ4v) is 4.15. The Labute approximate surface area is 124 Å². The van der Waals surface area contributed by atoms with Gasteiger partial charge in [0.25, 0.3) is 0 Å². The van der Waals surface area contributed by atoms with Crippen molar-refractivity contribution in [2.75, 3.05) is 20.3 Å². The summed E-state index contributed by atoms with van der Waals surface area (Å²) in [5.74, 6) is 0.508. The standard InChI is InChI=1S/C15H19Cl2NO/c1-19-9-11-8-18-12-4-5-15(11,7-12)10-2-3-13(16)14(17)6-10/h2-3,6,11-12,18H,4-5,7-9H2,1H3/t11-,12-,15-/m0/s1. The fourth-order valence-electron chi connectivity index (χ4n) is 3.85. The van der Waals surface area contributed by atoms with Gasteiger partial charge in [-0.2, -0.15) is 0 Å². The van der Waals surface area contributed by atoms with Crippen LogP contribution in [0.3, 0.4) is 0 Å². The van der Waals surface area contributed by atoms with E-state index in [-0.39, 0.29) is 5.41 Å². The molecule has 104 valence electrons. The van der Waals surface area contributed by atoms with Crippen LogP contribution in [0.2, 0.25) is 10.0 Å². The van der Waals surface area contributed by atoms with E-state index in [0.717, 1.165) is 13.2 Å². The van der Waals surface area contributed by atoms with Gasteiger partial charge in [0.2, 0.25) is 0 Å². The van der Waals surface area contributed by atoms with E-state index < -0.39 is 0 Å². The summed E-state index contributed by atoms with van der Waals surface area (Å²) in [6, 6.07) is 6.76. The Balaban J connectivity index is 2.00. The summed E-state index contributed by atoms with van der Waals surface area (Å²) in [5, 5.41) is 4.92. The van der Waals surface area contributed by atoms with E-state index >= 15 is 0 Å². The minimum atomic E-state index is 0.208. The summed E-state index contributed by atoms with van der Waals surface area (Å²) in [6.07, 6.45) is 3.62. The highest BCUT2D eigenvalue weighted by atomic mass is 35.5. The normalized spacial score (nSPS) is 33.6. The number of hydrogen-bond acceptors (Lipinski definition) is 2. The highest BCUT2D eigenvalue weighted by Gasteiger charge is 2.49. The molecule has 1 aliphatic carbocycles. The Kier molecular flexibility index (Phi) is 3.78.